The molecular weight excluding hydrogens is 853 g/mol. The summed E-state index contributed by atoms with van der Waals surface area (Å²) in [4.78, 5) is 68.0. The quantitative estimate of drug-likeness (QED) is 0.0343. The van der Waals surface area contributed by atoms with E-state index in [-0.39, 0.29) is 57.2 Å². The van der Waals surface area contributed by atoms with Gasteiger partial charge in [-0.1, -0.05) is 19.7 Å². The van der Waals surface area contributed by atoms with Gasteiger partial charge in [-0.05, 0) is 25.8 Å². The van der Waals surface area contributed by atoms with E-state index in [4.69, 9.17) is 34.2 Å². The van der Waals surface area contributed by atoms with Crippen LogP contribution in [-0.2, 0) is 52.4 Å². The molecule has 2 rings (SSSR count). The molecule has 2 aliphatic rings. The van der Waals surface area contributed by atoms with Crippen LogP contribution in [0.5, 0.6) is 0 Å². The van der Waals surface area contributed by atoms with Gasteiger partial charge >= 0.3 is 17.9 Å². The van der Waals surface area contributed by atoms with Crippen LogP contribution in [0.4, 0.5) is 0 Å². The van der Waals surface area contributed by atoms with Crippen molar-refractivity contribution in [1.82, 2.24) is 35.1 Å². The summed E-state index contributed by atoms with van der Waals surface area (Å²) in [6.45, 7) is 21.0. The molecule has 0 aromatic rings. The third-order valence-corrected chi connectivity index (χ3v) is 9.78. The van der Waals surface area contributed by atoms with Gasteiger partial charge in [0.1, 0.15) is 0 Å². The fourth-order valence-electron chi connectivity index (χ4n) is 6.30. The number of hydrogen-bond donors (Lipinski definition) is 6. The van der Waals surface area contributed by atoms with Crippen LogP contribution >= 0.6 is 0 Å². The predicted octanol–water partition coefficient (Wildman–Crippen LogP) is -1.17. The number of carbonyl (C=O) groups is 5. The number of allylic oxidation sites excluding steroid dienone is 2. The van der Waals surface area contributed by atoms with Crippen LogP contribution in [0.2, 0.25) is 0 Å². The molecule has 0 unspecified atom stereocenters. The monoisotopic (exact) mass is 931 g/mol. The molecule has 2 amide bonds. The molecule has 22 heteroatoms. The van der Waals surface area contributed by atoms with Crippen LogP contribution in [0.25, 0.3) is 0 Å². The fourth-order valence-corrected chi connectivity index (χ4v) is 6.30. The average molecular weight is 931 g/mol. The first-order valence-electron chi connectivity index (χ1n) is 22.2. The first-order valence-corrected chi connectivity index (χ1v) is 22.2. The average Bonchev–Trinajstić information content (AvgIpc) is 3.24. The SMILES string of the molecule is C=CC(=C)NC(=C)C.NC1CCN(C(=O)CCOCCOCCOCCOCCOCCOCCNC(=O)CN2CCN(CC(=O)O)CCN(CC(=O)O)CCN(CC(=O)O)CC2)CC1. The van der Waals surface area contributed by atoms with Gasteiger partial charge in [0.2, 0.25) is 11.8 Å². The maximum Gasteiger partial charge on any atom is 0.317 e. The maximum atomic E-state index is 12.7. The summed E-state index contributed by atoms with van der Waals surface area (Å²) in [5.41, 5.74) is 7.55. The number of amides is 2. The topological polar surface area (TPSA) is 268 Å². The number of rotatable bonds is 32. The third kappa shape index (κ3) is 34.9. The highest BCUT2D eigenvalue weighted by Gasteiger charge is 2.22. The van der Waals surface area contributed by atoms with Gasteiger partial charge < -0.3 is 65.0 Å². The zero-order valence-corrected chi connectivity index (χ0v) is 38.6. The minimum atomic E-state index is -1.02. The number of aliphatic carboxylic acids is 3. The zero-order valence-electron chi connectivity index (χ0n) is 38.6. The van der Waals surface area contributed by atoms with E-state index in [0.717, 1.165) is 37.3 Å². The highest BCUT2D eigenvalue weighted by atomic mass is 16.6. The minimum Gasteiger partial charge on any atom is -0.480 e. The molecule has 0 bridgehead atoms. The number of hydrogen-bond acceptors (Lipinski definition) is 17. The van der Waals surface area contributed by atoms with Gasteiger partial charge in [-0.15, -0.1) is 0 Å². The van der Waals surface area contributed by atoms with Crippen molar-refractivity contribution >= 4 is 29.7 Å². The lowest BCUT2D eigenvalue weighted by Gasteiger charge is -2.32. The molecule has 0 saturated carbocycles. The normalized spacial score (nSPS) is 16.3. The van der Waals surface area contributed by atoms with Gasteiger partial charge in [0.15, 0.2) is 0 Å². The number of nitrogens with zero attached hydrogens (tertiary/aromatic N) is 5. The lowest BCUT2D eigenvalue weighted by molar-refractivity contribution is -0.140. The lowest BCUT2D eigenvalue weighted by atomic mass is 10.1. The van der Waals surface area contributed by atoms with E-state index in [1.54, 1.807) is 20.8 Å². The molecule has 2 heterocycles. The summed E-state index contributed by atoms with van der Waals surface area (Å²) in [5, 5.41) is 33.8. The molecule has 0 spiro atoms. The lowest BCUT2D eigenvalue weighted by Crippen LogP contribution is -2.50. The minimum absolute atomic E-state index is 0.0333. The van der Waals surface area contributed by atoms with Gasteiger partial charge in [0.05, 0.1) is 112 Å². The highest BCUT2D eigenvalue weighted by Crippen LogP contribution is 2.09. The second-order valence-corrected chi connectivity index (χ2v) is 15.4. The van der Waals surface area contributed by atoms with Crippen LogP contribution in [0.1, 0.15) is 26.2 Å². The molecule has 0 radical (unpaired) electrons. The molecule has 22 nitrogen and oxygen atoms in total. The Balaban J connectivity index is 0.00000240. The predicted molar refractivity (Wildman–Crippen MR) is 242 cm³/mol. The van der Waals surface area contributed by atoms with Crippen LogP contribution in [0, 0.1) is 0 Å². The number of carboxylic acids is 3. The van der Waals surface area contributed by atoms with Gasteiger partial charge in [-0.25, -0.2) is 0 Å². The highest BCUT2D eigenvalue weighted by molar-refractivity contribution is 5.78. The van der Waals surface area contributed by atoms with E-state index in [1.165, 1.54) is 0 Å². The van der Waals surface area contributed by atoms with Gasteiger partial charge in [0.25, 0.3) is 0 Å². The van der Waals surface area contributed by atoms with Crippen LogP contribution in [-0.4, -0.2) is 253 Å². The number of carbonyl (C=O) groups excluding carboxylic acids is 2. The Labute approximate surface area is 384 Å². The fraction of sp³-hybridized carbons (Fsp3) is 0.744. The van der Waals surface area contributed by atoms with Crippen molar-refractivity contribution in [2.45, 2.75) is 32.2 Å². The Morgan fingerprint density at radius 3 is 1.23 bits per heavy atom. The van der Waals surface area contributed by atoms with Crippen molar-refractivity contribution in [1.29, 1.82) is 0 Å². The van der Waals surface area contributed by atoms with E-state index in [0.29, 0.717) is 131 Å². The first kappa shape index (κ1) is 58.9. The Kier molecular flexibility index (Phi) is 34.5. The van der Waals surface area contributed by atoms with E-state index in [2.05, 4.69) is 30.4 Å². The summed E-state index contributed by atoms with van der Waals surface area (Å²) in [5.74, 6) is -3.18. The summed E-state index contributed by atoms with van der Waals surface area (Å²) >= 11 is 0. The van der Waals surface area contributed by atoms with Crippen molar-refractivity contribution in [3.63, 3.8) is 0 Å². The molecule has 374 valence electrons. The summed E-state index contributed by atoms with van der Waals surface area (Å²) < 4.78 is 33.0. The molecule has 0 aliphatic carbocycles. The van der Waals surface area contributed by atoms with Crippen molar-refractivity contribution < 1.29 is 67.7 Å². The van der Waals surface area contributed by atoms with Crippen molar-refractivity contribution in [3.8, 4) is 0 Å². The molecule has 0 atom stereocenters. The molecule has 2 aliphatic heterocycles. The summed E-state index contributed by atoms with van der Waals surface area (Å²) in [7, 11) is 0. The Morgan fingerprint density at radius 1 is 0.569 bits per heavy atom. The molecular formula is C43H78N8O14. The van der Waals surface area contributed by atoms with Gasteiger partial charge in [0, 0.05) is 89.4 Å². The van der Waals surface area contributed by atoms with E-state index in [9.17, 15) is 39.3 Å². The third-order valence-electron chi connectivity index (χ3n) is 9.78. The number of carboxylic acid groups (broad SMARTS) is 3. The summed E-state index contributed by atoms with van der Waals surface area (Å²) in [6.07, 6.45) is 3.72. The van der Waals surface area contributed by atoms with Crippen LogP contribution in [0.15, 0.2) is 37.2 Å². The Hall–Kier alpha value is -4.07. The summed E-state index contributed by atoms with van der Waals surface area (Å²) in [6, 6.07) is 0.198. The molecule has 0 aromatic heterocycles. The standard InChI is InChI=1S/C36H67N7O14.C7H11N/c37-31-1-5-43(6-2-31)33(45)3-15-52-17-19-54-21-23-56-25-26-57-24-22-55-20-18-53-16-4-38-32(44)27-39-7-9-40(28-34(46)47)11-13-42(30-36(50)51)14-12-41(10-8-39)29-35(48)49;1-5-7(4)8-6(2)3/h31H,1-30,37H2,(H,38,44)(H,46,47)(H,48,49)(H,50,51);5,8H,1-2,4H2,3H3. The number of ether oxygens (including phenoxy) is 6. The van der Waals surface area contributed by atoms with E-state index < -0.39 is 17.9 Å². The number of likely N-dealkylation sites (tertiary alicyclic amines) is 1. The number of nitrogens with two attached hydrogens (primary N) is 1. The van der Waals surface area contributed by atoms with Crippen molar-refractivity contribution in [3.05, 3.63) is 37.2 Å². The largest absolute Gasteiger partial charge is 0.480 e. The van der Waals surface area contributed by atoms with Crippen molar-refractivity contribution in [2.75, 3.05) is 177 Å². The molecule has 2 saturated heterocycles. The van der Waals surface area contributed by atoms with Crippen LogP contribution < -0.4 is 16.4 Å². The van der Waals surface area contributed by atoms with Gasteiger partial charge in [-0.3, -0.25) is 43.6 Å². The molecule has 2 fully saturated rings. The Bertz CT molecular complexity index is 1360. The second-order valence-electron chi connectivity index (χ2n) is 15.4. The first-order chi connectivity index (χ1) is 31.2. The van der Waals surface area contributed by atoms with Crippen LogP contribution in [0.3, 0.4) is 0 Å². The molecule has 65 heavy (non-hydrogen) atoms. The second kappa shape index (κ2) is 38.1. The smallest absolute Gasteiger partial charge is 0.317 e. The molecule has 0 aromatic carbocycles. The van der Waals surface area contributed by atoms with Crippen molar-refractivity contribution in [2.24, 2.45) is 5.73 Å². The van der Waals surface area contributed by atoms with Gasteiger partial charge in [-0.2, -0.15) is 0 Å². The van der Waals surface area contributed by atoms with E-state index >= 15 is 0 Å². The van der Waals surface area contributed by atoms with E-state index in [1.807, 2.05) is 16.7 Å². The number of nitrogens with one attached hydrogen (secondary N) is 2. The molecule has 7 N–H and O–H groups in total. The number of piperidine rings is 1. The zero-order chi connectivity index (χ0) is 48.1. The Morgan fingerprint density at radius 2 is 0.908 bits per heavy atom. The maximum absolute atomic E-state index is 12.7.